The Hall–Kier alpha value is -2.06. The molecule has 2 atom stereocenters. The minimum absolute atomic E-state index is 0.188. The second-order valence-electron chi connectivity index (χ2n) is 6.24. The number of hydrogen-bond donors (Lipinski definition) is 0. The van der Waals surface area contributed by atoms with Gasteiger partial charge < -0.3 is 9.64 Å². The highest BCUT2D eigenvalue weighted by Gasteiger charge is 2.37. The van der Waals surface area contributed by atoms with Crippen LogP contribution in [0.5, 0.6) is 0 Å². The molecule has 1 aliphatic heterocycles. The van der Waals surface area contributed by atoms with Gasteiger partial charge in [0.25, 0.3) is 5.91 Å². The summed E-state index contributed by atoms with van der Waals surface area (Å²) >= 11 is 6.10. The predicted octanol–water partition coefficient (Wildman–Crippen LogP) is 3.79. The van der Waals surface area contributed by atoms with E-state index < -0.39 is 17.8 Å². The number of amides is 1. The third kappa shape index (κ3) is 3.71. The van der Waals surface area contributed by atoms with Crippen LogP contribution in [0.25, 0.3) is 5.69 Å². The summed E-state index contributed by atoms with van der Waals surface area (Å²) in [6.07, 6.45) is -5.09. The second kappa shape index (κ2) is 6.92. The van der Waals surface area contributed by atoms with Crippen molar-refractivity contribution in [1.82, 2.24) is 14.7 Å². The van der Waals surface area contributed by atoms with Crippen molar-refractivity contribution in [2.75, 3.05) is 13.1 Å². The molecule has 1 aromatic heterocycles. The number of halogens is 4. The van der Waals surface area contributed by atoms with E-state index in [1.165, 1.54) is 17.0 Å². The molecule has 1 aromatic carbocycles. The molecule has 1 fully saturated rings. The van der Waals surface area contributed by atoms with Gasteiger partial charge >= 0.3 is 6.18 Å². The summed E-state index contributed by atoms with van der Waals surface area (Å²) in [5.41, 5.74) is -1.12. The summed E-state index contributed by atoms with van der Waals surface area (Å²) in [5, 5.41) is 3.79. The molecule has 1 saturated heterocycles. The molecule has 0 saturated carbocycles. The zero-order valence-electron chi connectivity index (χ0n) is 14.1. The van der Waals surface area contributed by atoms with E-state index in [4.69, 9.17) is 16.3 Å². The largest absolute Gasteiger partial charge is 0.435 e. The van der Waals surface area contributed by atoms with E-state index in [0.29, 0.717) is 0 Å². The van der Waals surface area contributed by atoms with E-state index >= 15 is 0 Å². The van der Waals surface area contributed by atoms with Gasteiger partial charge in [-0.15, -0.1) is 0 Å². The second-order valence-corrected chi connectivity index (χ2v) is 6.65. The van der Waals surface area contributed by atoms with Crippen molar-refractivity contribution in [2.45, 2.75) is 32.2 Å². The van der Waals surface area contributed by atoms with Gasteiger partial charge in [0.15, 0.2) is 5.69 Å². The van der Waals surface area contributed by atoms with Crippen LogP contribution in [-0.4, -0.2) is 45.9 Å². The standard InChI is InChI=1S/C17H17ClF3N3O2/c1-10-8-23(9-11(2)26-10)16(25)14-7-15(17(19,20)21)22-24(14)13-6-4-3-5-12(13)18/h3-7,10-11H,8-9H2,1-2H3. The number of hydrogen-bond acceptors (Lipinski definition) is 3. The van der Waals surface area contributed by atoms with Crippen LogP contribution in [-0.2, 0) is 10.9 Å². The first-order valence-corrected chi connectivity index (χ1v) is 8.41. The van der Waals surface area contributed by atoms with E-state index in [2.05, 4.69) is 5.10 Å². The van der Waals surface area contributed by atoms with Crippen molar-refractivity contribution in [3.63, 3.8) is 0 Å². The zero-order chi connectivity index (χ0) is 19.1. The Morgan fingerprint density at radius 1 is 1.23 bits per heavy atom. The summed E-state index contributed by atoms with van der Waals surface area (Å²) in [4.78, 5) is 14.4. The van der Waals surface area contributed by atoms with Gasteiger partial charge in [0.2, 0.25) is 0 Å². The van der Waals surface area contributed by atoms with Crippen LogP contribution in [0.1, 0.15) is 30.0 Å². The molecule has 26 heavy (non-hydrogen) atoms. The van der Waals surface area contributed by atoms with Crippen molar-refractivity contribution >= 4 is 17.5 Å². The highest BCUT2D eigenvalue weighted by molar-refractivity contribution is 6.32. The molecule has 1 aliphatic rings. The summed E-state index contributed by atoms with van der Waals surface area (Å²) in [6, 6.07) is 7.06. The minimum atomic E-state index is -4.67. The average Bonchev–Trinajstić information content (AvgIpc) is 2.99. The molecule has 0 aliphatic carbocycles. The van der Waals surface area contributed by atoms with Gasteiger partial charge in [-0.05, 0) is 26.0 Å². The number of benzene rings is 1. The molecule has 9 heteroatoms. The van der Waals surface area contributed by atoms with Crippen molar-refractivity contribution in [2.24, 2.45) is 0 Å². The Balaban J connectivity index is 2.06. The quantitative estimate of drug-likeness (QED) is 0.787. The third-order valence-corrected chi connectivity index (χ3v) is 4.33. The number of nitrogens with zero attached hydrogens (tertiary/aromatic N) is 3. The SMILES string of the molecule is CC1CN(C(=O)c2cc(C(F)(F)F)nn2-c2ccccc2Cl)CC(C)O1. The first kappa shape index (κ1) is 18.7. The molecule has 3 rings (SSSR count). The number of morpholine rings is 1. The zero-order valence-corrected chi connectivity index (χ0v) is 14.9. The number of ether oxygens (including phenoxy) is 1. The molecule has 2 heterocycles. The van der Waals surface area contributed by atoms with Gasteiger partial charge in [0.1, 0.15) is 5.69 Å². The Bertz CT molecular complexity index is 812. The summed E-state index contributed by atoms with van der Waals surface area (Å²) in [7, 11) is 0. The van der Waals surface area contributed by atoms with Gasteiger partial charge in [-0.3, -0.25) is 4.79 Å². The van der Waals surface area contributed by atoms with Crippen LogP contribution in [0.15, 0.2) is 30.3 Å². The van der Waals surface area contributed by atoms with E-state index in [9.17, 15) is 18.0 Å². The fourth-order valence-corrected chi connectivity index (χ4v) is 3.20. The number of carbonyl (C=O) groups is 1. The van der Waals surface area contributed by atoms with Crippen molar-refractivity contribution in [3.8, 4) is 5.69 Å². The first-order chi connectivity index (χ1) is 12.2. The minimum Gasteiger partial charge on any atom is -0.372 e. The number of alkyl halides is 3. The highest BCUT2D eigenvalue weighted by atomic mass is 35.5. The lowest BCUT2D eigenvalue weighted by atomic mass is 10.2. The Morgan fingerprint density at radius 2 is 1.85 bits per heavy atom. The van der Waals surface area contributed by atoms with E-state index in [1.807, 2.05) is 13.8 Å². The third-order valence-electron chi connectivity index (χ3n) is 4.01. The van der Waals surface area contributed by atoms with Gasteiger partial charge in [0.05, 0.1) is 22.9 Å². The lowest BCUT2D eigenvalue weighted by Crippen LogP contribution is -2.48. The van der Waals surface area contributed by atoms with E-state index in [-0.39, 0.29) is 41.7 Å². The van der Waals surface area contributed by atoms with E-state index in [1.54, 1.807) is 12.1 Å². The fraction of sp³-hybridized carbons (Fsp3) is 0.412. The smallest absolute Gasteiger partial charge is 0.372 e. The van der Waals surface area contributed by atoms with Crippen LogP contribution in [0.2, 0.25) is 5.02 Å². The van der Waals surface area contributed by atoms with Gasteiger partial charge in [-0.2, -0.15) is 18.3 Å². The maximum atomic E-state index is 13.2. The monoisotopic (exact) mass is 387 g/mol. The van der Waals surface area contributed by atoms with Crippen LogP contribution < -0.4 is 0 Å². The fourth-order valence-electron chi connectivity index (χ4n) is 2.98. The molecular weight excluding hydrogens is 371 g/mol. The number of aromatic nitrogens is 2. The lowest BCUT2D eigenvalue weighted by Gasteiger charge is -2.35. The van der Waals surface area contributed by atoms with Gasteiger partial charge in [-0.25, -0.2) is 4.68 Å². The van der Waals surface area contributed by atoms with Crippen LogP contribution >= 0.6 is 11.6 Å². The Morgan fingerprint density at radius 3 is 2.42 bits per heavy atom. The topological polar surface area (TPSA) is 47.4 Å². The van der Waals surface area contributed by atoms with Crippen molar-refractivity contribution in [3.05, 3.63) is 46.7 Å². The summed E-state index contributed by atoms with van der Waals surface area (Å²) in [5.74, 6) is -0.546. The van der Waals surface area contributed by atoms with Crippen molar-refractivity contribution < 1.29 is 22.7 Å². The molecule has 1 amide bonds. The Labute approximate surface area is 153 Å². The summed E-state index contributed by atoms with van der Waals surface area (Å²) in [6.45, 7) is 4.20. The number of rotatable bonds is 2. The molecule has 5 nitrogen and oxygen atoms in total. The number of para-hydroxylation sites is 1. The molecule has 2 aromatic rings. The molecule has 0 N–H and O–H groups in total. The molecule has 140 valence electrons. The molecular formula is C17H17ClF3N3O2. The lowest BCUT2D eigenvalue weighted by molar-refractivity contribution is -0.141. The molecule has 0 spiro atoms. The van der Waals surface area contributed by atoms with Crippen LogP contribution in [0, 0.1) is 0 Å². The molecule has 0 bridgehead atoms. The van der Waals surface area contributed by atoms with Crippen LogP contribution in [0.3, 0.4) is 0 Å². The average molecular weight is 388 g/mol. The summed E-state index contributed by atoms with van der Waals surface area (Å²) < 4.78 is 46.1. The van der Waals surface area contributed by atoms with Crippen molar-refractivity contribution in [1.29, 1.82) is 0 Å². The number of carbonyl (C=O) groups excluding carboxylic acids is 1. The first-order valence-electron chi connectivity index (χ1n) is 8.03. The maximum absolute atomic E-state index is 13.2. The van der Waals surface area contributed by atoms with Gasteiger partial charge in [-0.1, -0.05) is 23.7 Å². The van der Waals surface area contributed by atoms with E-state index in [0.717, 1.165) is 10.7 Å². The predicted molar refractivity (Wildman–Crippen MR) is 89.5 cm³/mol. The van der Waals surface area contributed by atoms with Crippen LogP contribution in [0.4, 0.5) is 13.2 Å². The Kier molecular flexibility index (Phi) is 4.98. The molecule has 0 radical (unpaired) electrons. The van der Waals surface area contributed by atoms with Gasteiger partial charge in [0, 0.05) is 19.2 Å². The maximum Gasteiger partial charge on any atom is 0.435 e. The normalized spacial score (nSPS) is 21.1. The highest BCUT2D eigenvalue weighted by Crippen LogP contribution is 2.31. The molecule has 2 unspecified atom stereocenters.